The molecular formula is C21H25N5O2. The first-order valence-corrected chi connectivity index (χ1v) is 9.60. The third-order valence-electron chi connectivity index (χ3n) is 4.92. The number of aliphatic hydroxyl groups excluding tert-OH is 1. The zero-order valence-electron chi connectivity index (χ0n) is 16.0. The van der Waals surface area contributed by atoms with Gasteiger partial charge in [-0.2, -0.15) is 4.98 Å². The summed E-state index contributed by atoms with van der Waals surface area (Å²) in [6, 6.07) is 14.3. The van der Waals surface area contributed by atoms with E-state index in [9.17, 15) is 0 Å². The molecular weight excluding hydrogens is 354 g/mol. The molecule has 0 radical (unpaired) electrons. The third kappa shape index (κ3) is 4.21. The van der Waals surface area contributed by atoms with Crippen molar-refractivity contribution >= 4 is 22.7 Å². The van der Waals surface area contributed by atoms with E-state index in [4.69, 9.17) is 14.8 Å². The SMILES string of the molecule is CN(Cc1ccc2ccccc2n1)c1cc([C@@H]2CCOC2)nc(NCCO)n1. The van der Waals surface area contributed by atoms with Gasteiger partial charge in [0.25, 0.3) is 0 Å². The average Bonchev–Trinajstić information content (AvgIpc) is 3.27. The molecule has 2 N–H and O–H groups in total. The third-order valence-corrected chi connectivity index (χ3v) is 4.92. The van der Waals surface area contributed by atoms with Gasteiger partial charge in [0, 0.05) is 37.6 Å². The Hall–Kier alpha value is -2.77. The first-order chi connectivity index (χ1) is 13.7. The lowest BCUT2D eigenvalue weighted by atomic mass is 10.0. The lowest BCUT2D eigenvalue weighted by Gasteiger charge is -2.20. The maximum Gasteiger partial charge on any atom is 0.224 e. The summed E-state index contributed by atoms with van der Waals surface area (Å²) in [6.07, 6.45) is 0.964. The molecule has 0 amide bonds. The molecule has 7 nitrogen and oxygen atoms in total. The number of hydrogen-bond donors (Lipinski definition) is 2. The molecule has 7 heteroatoms. The molecule has 146 valence electrons. The Kier molecular flexibility index (Phi) is 5.64. The van der Waals surface area contributed by atoms with Crippen molar-refractivity contribution in [2.75, 3.05) is 43.6 Å². The molecule has 3 heterocycles. The van der Waals surface area contributed by atoms with Gasteiger partial charge in [0.15, 0.2) is 0 Å². The number of anilines is 2. The van der Waals surface area contributed by atoms with Crippen LogP contribution >= 0.6 is 0 Å². The molecule has 0 saturated carbocycles. The highest BCUT2D eigenvalue weighted by Gasteiger charge is 2.21. The fourth-order valence-corrected chi connectivity index (χ4v) is 3.39. The van der Waals surface area contributed by atoms with Gasteiger partial charge < -0.3 is 20.1 Å². The molecule has 2 aromatic heterocycles. The Morgan fingerprint density at radius 2 is 2.07 bits per heavy atom. The van der Waals surface area contributed by atoms with Crippen molar-refractivity contribution in [2.45, 2.75) is 18.9 Å². The summed E-state index contributed by atoms with van der Waals surface area (Å²) in [4.78, 5) is 16.1. The second-order valence-corrected chi connectivity index (χ2v) is 7.04. The zero-order valence-corrected chi connectivity index (χ0v) is 16.0. The van der Waals surface area contributed by atoms with Crippen molar-refractivity contribution in [1.82, 2.24) is 15.0 Å². The van der Waals surface area contributed by atoms with Crippen LogP contribution in [0, 0.1) is 0 Å². The number of ether oxygens (including phenoxy) is 1. The maximum atomic E-state index is 9.11. The van der Waals surface area contributed by atoms with Gasteiger partial charge in [-0.25, -0.2) is 4.98 Å². The van der Waals surface area contributed by atoms with Gasteiger partial charge in [0.05, 0.1) is 36.7 Å². The van der Waals surface area contributed by atoms with E-state index in [1.165, 1.54) is 0 Å². The number of nitrogens with one attached hydrogen (secondary N) is 1. The van der Waals surface area contributed by atoms with E-state index in [0.717, 1.165) is 41.1 Å². The Labute approximate surface area is 164 Å². The van der Waals surface area contributed by atoms with Crippen LogP contribution in [0.4, 0.5) is 11.8 Å². The fraction of sp³-hybridized carbons (Fsp3) is 0.381. The molecule has 0 unspecified atom stereocenters. The van der Waals surface area contributed by atoms with E-state index in [1.54, 1.807) is 0 Å². The number of aromatic nitrogens is 3. The van der Waals surface area contributed by atoms with Crippen LogP contribution in [0.3, 0.4) is 0 Å². The first-order valence-electron chi connectivity index (χ1n) is 9.60. The summed E-state index contributed by atoms with van der Waals surface area (Å²) in [6.45, 7) is 2.54. The predicted molar refractivity (Wildman–Crippen MR) is 110 cm³/mol. The van der Waals surface area contributed by atoms with Gasteiger partial charge in [-0.1, -0.05) is 24.3 Å². The van der Waals surface area contributed by atoms with E-state index in [-0.39, 0.29) is 12.5 Å². The Balaban J connectivity index is 1.58. The van der Waals surface area contributed by atoms with E-state index in [2.05, 4.69) is 38.4 Å². The topological polar surface area (TPSA) is 83.4 Å². The van der Waals surface area contributed by atoms with E-state index < -0.39 is 0 Å². The van der Waals surface area contributed by atoms with Crippen molar-refractivity contribution in [2.24, 2.45) is 0 Å². The number of para-hydroxylation sites is 1. The molecule has 3 aromatic rings. The second kappa shape index (κ2) is 8.50. The van der Waals surface area contributed by atoms with E-state index in [1.807, 2.05) is 31.3 Å². The number of aliphatic hydroxyl groups is 1. The van der Waals surface area contributed by atoms with Gasteiger partial charge in [0.1, 0.15) is 5.82 Å². The maximum absolute atomic E-state index is 9.11. The first kappa shape index (κ1) is 18.6. The molecule has 0 aliphatic carbocycles. The number of pyridine rings is 1. The predicted octanol–water partition coefficient (Wildman–Crippen LogP) is 2.57. The van der Waals surface area contributed by atoms with Crippen LogP contribution in [0.1, 0.15) is 23.7 Å². The van der Waals surface area contributed by atoms with Crippen LogP contribution in [0.2, 0.25) is 0 Å². The number of hydrogen-bond acceptors (Lipinski definition) is 7. The minimum Gasteiger partial charge on any atom is -0.395 e. The van der Waals surface area contributed by atoms with Crippen molar-refractivity contribution in [1.29, 1.82) is 0 Å². The fourth-order valence-electron chi connectivity index (χ4n) is 3.39. The van der Waals surface area contributed by atoms with Crippen LogP contribution in [-0.2, 0) is 11.3 Å². The summed E-state index contributed by atoms with van der Waals surface area (Å²) in [5.41, 5.74) is 2.95. The largest absolute Gasteiger partial charge is 0.395 e. The molecule has 1 aliphatic heterocycles. The van der Waals surface area contributed by atoms with Crippen LogP contribution in [0.5, 0.6) is 0 Å². The molecule has 0 bridgehead atoms. The monoisotopic (exact) mass is 379 g/mol. The van der Waals surface area contributed by atoms with Crippen LogP contribution in [0.15, 0.2) is 42.5 Å². The molecule has 1 aromatic carbocycles. The lowest BCUT2D eigenvalue weighted by molar-refractivity contribution is 0.193. The van der Waals surface area contributed by atoms with E-state index in [0.29, 0.717) is 25.6 Å². The standard InChI is InChI=1S/C21H25N5O2/c1-26(13-17-7-6-15-4-2-3-5-18(15)23-17)20-12-19(16-8-11-28-14-16)24-21(25-20)22-9-10-27/h2-7,12,16,27H,8-11,13-14H2,1H3,(H,22,24,25)/t16-/m1/s1. The highest BCUT2D eigenvalue weighted by atomic mass is 16.5. The molecule has 1 fully saturated rings. The van der Waals surface area contributed by atoms with Crippen molar-refractivity contribution in [3.63, 3.8) is 0 Å². The molecule has 4 rings (SSSR count). The summed E-state index contributed by atoms with van der Waals surface area (Å²) in [5, 5.41) is 13.3. The van der Waals surface area contributed by atoms with Gasteiger partial charge in [-0.15, -0.1) is 0 Å². The summed E-state index contributed by atoms with van der Waals surface area (Å²) in [7, 11) is 2.00. The van der Waals surface area contributed by atoms with Gasteiger partial charge >= 0.3 is 0 Å². The van der Waals surface area contributed by atoms with E-state index >= 15 is 0 Å². The number of rotatable bonds is 7. The van der Waals surface area contributed by atoms with Crippen LogP contribution < -0.4 is 10.2 Å². The van der Waals surface area contributed by atoms with Gasteiger partial charge in [-0.3, -0.25) is 4.98 Å². The Bertz CT molecular complexity index is 943. The van der Waals surface area contributed by atoms with Gasteiger partial charge in [-0.05, 0) is 18.6 Å². The summed E-state index contributed by atoms with van der Waals surface area (Å²) >= 11 is 0. The van der Waals surface area contributed by atoms with Gasteiger partial charge in [0.2, 0.25) is 5.95 Å². The summed E-state index contributed by atoms with van der Waals surface area (Å²) in [5.74, 6) is 1.64. The molecule has 28 heavy (non-hydrogen) atoms. The highest BCUT2D eigenvalue weighted by Crippen LogP contribution is 2.27. The highest BCUT2D eigenvalue weighted by molar-refractivity contribution is 5.78. The number of fused-ring (bicyclic) bond motifs is 1. The average molecular weight is 379 g/mol. The number of benzene rings is 1. The van der Waals surface area contributed by atoms with Crippen molar-refractivity contribution < 1.29 is 9.84 Å². The van der Waals surface area contributed by atoms with Crippen LogP contribution in [0.25, 0.3) is 10.9 Å². The molecule has 0 spiro atoms. The smallest absolute Gasteiger partial charge is 0.224 e. The minimum atomic E-state index is 0.0340. The van der Waals surface area contributed by atoms with Crippen molar-refractivity contribution in [3.05, 3.63) is 53.9 Å². The molecule has 1 saturated heterocycles. The van der Waals surface area contributed by atoms with Crippen molar-refractivity contribution in [3.8, 4) is 0 Å². The summed E-state index contributed by atoms with van der Waals surface area (Å²) < 4.78 is 5.52. The normalized spacial score (nSPS) is 16.4. The molecule has 1 aliphatic rings. The Morgan fingerprint density at radius 1 is 1.18 bits per heavy atom. The number of nitrogens with zero attached hydrogens (tertiary/aromatic N) is 4. The second-order valence-electron chi connectivity index (χ2n) is 7.04. The lowest BCUT2D eigenvalue weighted by Crippen LogP contribution is -2.21. The Morgan fingerprint density at radius 3 is 2.89 bits per heavy atom. The van der Waals surface area contributed by atoms with Crippen LogP contribution in [-0.4, -0.2) is 53.5 Å². The molecule has 1 atom stereocenters. The minimum absolute atomic E-state index is 0.0340. The quantitative estimate of drug-likeness (QED) is 0.653. The zero-order chi connectivity index (χ0) is 19.3.